The van der Waals surface area contributed by atoms with Gasteiger partial charge in [0.1, 0.15) is 12.4 Å². The molecular weight excluding hydrogens is 252 g/mol. The molecule has 1 aromatic carbocycles. The molecule has 3 N–H and O–H groups in total. The molecule has 0 spiro atoms. The lowest BCUT2D eigenvalue weighted by atomic mass is 9.97. The monoisotopic (exact) mass is 278 g/mol. The number of carbonyl (C=O) groups excluding carboxylic acids is 1. The number of benzene rings is 1. The van der Waals surface area contributed by atoms with Crippen LogP contribution < -0.4 is 15.8 Å². The molecule has 4 heteroatoms. The van der Waals surface area contributed by atoms with E-state index in [-0.39, 0.29) is 11.8 Å². The van der Waals surface area contributed by atoms with Crippen molar-refractivity contribution in [3.05, 3.63) is 24.3 Å². The molecular formula is C16H26N2O2. The molecule has 0 atom stereocenters. The van der Waals surface area contributed by atoms with Crippen LogP contribution >= 0.6 is 0 Å². The van der Waals surface area contributed by atoms with E-state index in [1.807, 2.05) is 24.3 Å². The summed E-state index contributed by atoms with van der Waals surface area (Å²) in [4.78, 5) is 12.2. The van der Waals surface area contributed by atoms with E-state index in [1.165, 1.54) is 0 Å². The quantitative estimate of drug-likeness (QED) is 0.729. The second-order valence-electron chi connectivity index (χ2n) is 4.93. The van der Waals surface area contributed by atoms with E-state index in [0.29, 0.717) is 13.2 Å². The largest absolute Gasteiger partial charge is 0.492 e. The van der Waals surface area contributed by atoms with Crippen molar-refractivity contribution in [2.75, 3.05) is 18.5 Å². The zero-order chi connectivity index (χ0) is 14.8. The molecule has 0 radical (unpaired) electrons. The van der Waals surface area contributed by atoms with Gasteiger partial charge in [0, 0.05) is 18.2 Å². The lowest BCUT2D eigenvalue weighted by molar-refractivity contribution is -0.120. The molecule has 1 amide bonds. The van der Waals surface area contributed by atoms with Gasteiger partial charge in [-0.1, -0.05) is 26.7 Å². The number of hydrogen-bond donors (Lipinski definition) is 2. The van der Waals surface area contributed by atoms with Gasteiger partial charge in [0.05, 0.1) is 0 Å². The number of carbonyl (C=O) groups is 1. The maximum atomic E-state index is 12.2. The number of nitrogens with one attached hydrogen (secondary N) is 1. The number of rotatable bonds is 9. The Labute approximate surface area is 121 Å². The van der Waals surface area contributed by atoms with Crippen molar-refractivity contribution in [1.82, 2.24) is 0 Å². The zero-order valence-electron chi connectivity index (χ0n) is 12.5. The SMILES string of the molecule is CCCC(CCC)C(=O)Nc1ccc(OCCN)cc1. The van der Waals surface area contributed by atoms with Crippen molar-refractivity contribution in [2.24, 2.45) is 11.7 Å². The van der Waals surface area contributed by atoms with Crippen molar-refractivity contribution in [3.8, 4) is 5.75 Å². The second kappa shape index (κ2) is 9.37. The van der Waals surface area contributed by atoms with Gasteiger partial charge >= 0.3 is 0 Å². The maximum absolute atomic E-state index is 12.2. The van der Waals surface area contributed by atoms with Gasteiger partial charge in [0.25, 0.3) is 0 Å². The molecule has 0 saturated heterocycles. The molecule has 4 nitrogen and oxygen atoms in total. The van der Waals surface area contributed by atoms with E-state index in [9.17, 15) is 4.79 Å². The molecule has 0 aliphatic carbocycles. The molecule has 112 valence electrons. The van der Waals surface area contributed by atoms with Gasteiger partial charge in [-0.05, 0) is 37.1 Å². The summed E-state index contributed by atoms with van der Waals surface area (Å²) >= 11 is 0. The van der Waals surface area contributed by atoms with Crippen LogP contribution in [0.3, 0.4) is 0 Å². The molecule has 20 heavy (non-hydrogen) atoms. The fraction of sp³-hybridized carbons (Fsp3) is 0.562. The van der Waals surface area contributed by atoms with Crippen LogP contribution in [0.5, 0.6) is 5.75 Å². The Bertz CT molecular complexity index is 384. The minimum absolute atomic E-state index is 0.109. The van der Waals surface area contributed by atoms with Crippen LogP contribution in [0.4, 0.5) is 5.69 Å². The summed E-state index contributed by atoms with van der Waals surface area (Å²) in [5.74, 6) is 0.995. The first-order valence-electron chi connectivity index (χ1n) is 7.45. The van der Waals surface area contributed by atoms with E-state index in [4.69, 9.17) is 10.5 Å². The fourth-order valence-electron chi connectivity index (χ4n) is 2.16. The third-order valence-corrected chi connectivity index (χ3v) is 3.15. The number of ether oxygens (including phenoxy) is 1. The van der Waals surface area contributed by atoms with Crippen molar-refractivity contribution >= 4 is 11.6 Å². The third-order valence-electron chi connectivity index (χ3n) is 3.15. The average molecular weight is 278 g/mol. The van der Waals surface area contributed by atoms with Gasteiger partial charge in [0.15, 0.2) is 0 Å². The highest BCUT2D eigenvalue weighted by Crippen LogP contribution is 2.19. The normalized spacial score (nSPS) is 10.6. The molecule has 0 aromatic heterocycles. The van der Waals surface area contributed by atoms with Gasteiger partial charge in [0.2, 0.25) is 5.91 Å². The van der Waals surface area contributed by atoms with Crippen LogP contribution in [0.2, 0.25) is 0 Å². The molecule has 0 saturated carbocycles. The summed E-state index contributed by atoms with van der Waals surface area (Å²) in [6.45, 7) is 5.22. The summed E-state index contributed by atoms with van der Waals surface area (Å²) < 4.78 is 5.40. The molecule has 0 aliphatic heterocycles. The molecule has 0 fully saturated rings. The Balaban J connectivity index is 2.55. The highest BCUT2D eigenvalue weighted by atomic mass is 16.5. The Hall–Kier alpha value is -1.55. The summed E-state index contributed by atoms with van der Waals surface area (Å²) in [6.07, 6.45) is 3.95. The van der Waals surface area contributed by atoms with Crippen LogP contribution in [0.15, 0.2) is 24.3 Å². The standard InChI is InChI=1S/C16H26N2O2/c1-3-5-13(6-4-2)16(19)18-14-7-9-15(10-8-14)20-12-11-17/h7-10,13H,3-6,11-12,17H2,1-2H3,(H,18,19). The van der Waals surface area contributed by atoms with Crippen LogP contribution in [0.1, 0.15) is 39.5 Å². The Kier molecular flexibility index (Phi) is 7.73. The van der Waals surface area contributed by atoms with Crippen molar-refractivity contribution in [1.29, 1.82) is 0 Å². The summed E-state index contributed by atoms with van der Waals surface area (Å²) in [5.41, 5.74) is 6.19. The number of nitrogens with two attached hydrogens (primary N) is 1. The molecule has 1 aromatic rings. The maximum Gasteiger partial charge on any atom is 0.227 e. The summed E-state index contributed by atoms with van der Waals surface area (Å²) in [7, 11) is 0. The highest BCUT2D eigenvalue weighted by Gasteiger charge is 2.16. The molecule has 1 rings (SSSR count). The van der Waals surface area contributed by atoms with E-state index in [0.717, 1.165) is 37.1 Å². The summed E-state index contributed by atoms with van der Waals surface area (Å²) in [5, 5.41) is 2.98. The van der Waals surface area contributed by atoms with Crippen LogP contribution in [0.25, 0.3) is 0 Å². The molecule has 0 heterocycles. The zero-order valence-corrected chi connectivity index (χ0v) is 12.5. The first-order chi connectivity index (χ1) is 9.71. The average Bonchev–Trinajstić information content (AvgIpc) is 2.46. The van der Waals surface area contributed by atoms with E-state index >= 15 is 0 Å². The predicted octanol–water partition coefficient (Wildman–Crippen LogP) is 3.18. The highest BCUT2D eigenvalue weighted by molar-refractivity contribution is 5.92. The van der Waals surface area contributed by atoms with Crippen LogP contribution in [0, 0.1) is 5.92 Å². The van der Waals surface area contributed by atoms with Gasteiger partial charge in [-0.2, -0.15) is 0 Å². The molecule has 0 unspecified atom stereocenters. The number of amides is 1. The second-order valence-corrected chi connectivity index (χ2v) is 4.93. The van der Waals surface area contributed by atoms with Gasteiger partial charge in [-0.3, -0.25) is 4.79 Å². The van der Waals surface area contributed by atoms with E-state index < -0.39 is 0 Å². The van der Waals surface area contributed by atoms with Gasteiger partial charge in [-0.25, -0.2) is 0 Å². The van der Waals surface area contributed by atoms with Crippen molar-refractivity contribution < 1.29 is 9.53 Å². The fourth-order valence-corrected chi connectivity index (χ4v) is 2.16. The van der Waals surface area contributed by atoms with Gasteiger partial charge < -0.3 is 15.8 Å². The predicted molar refractivity (Wildman–Crippen MR) is 82.9 cm³/mol. The Morgan fingerprint density at radius 2 is 1.80 bits per heavy atom. The smallest absolute Gasteiger partial charge is 0.227 e. The van der Waals surface area contributed by atoms with Crippen molar-refractivity contribution in [3.63, 3.8) is 0 Å². The Morgan fingerprint density at radius 3 is 2.30 bits per heavy atom. The lowest BCUT2D eigenvalue weighted by Crippen LogP contribution is -2.22. The molecule has 0 aliphatic rings. The van der Waals surface area contributed by atoms with Crippen LogP contribution in [-0.2, 0) is 4.79 Å². The molecule has 0 bridgehead atoms. The topological polar surface area (TPSA) is 64.3 Å². The summed E-state index contributed by atoms with van der Waals surface area (Å²) in [6, 6.07) is 7.41. The number of anilines is 1. The lowest BCUT2D eigenvalue weighted by Gasteiger charge is -2.15. The number of hydrogen-bond acceptors (Lipinski definition) is 3. The van der Waals surface area contributed by atoms with Gasteiger partial charge in [-0.15, -0.1) is 0 Å². The van der Waals surface area contributed by atoms with E-state index in [1.54, 1.807) is 0 Å². The van der Waals surface area contributed by atoms with E-state index in [2.05, 4.69) is 19.2 Å². The minimum atomic E-state index is 0.109. The first-order valence-corrected chi connectivity index (χ1v) is 7.45. The minimum Gasteiger partial charge on any atom is -0.492 e. The van der Waals surface area contributed by atoms with Crippen molar-refractivity contribution in [2.45, 2.75) is 39.5 Å². The first kappa shape index (κ1) is 16.5. The van der Waals surface area contributed by atoms with Crippen LogP contribution in [-0.4, -0.2) is 19.1 Å². The Morgan fingerprint density at radius 1 is 1.20 bits per heavy atom. The third kappa shape index (κ3) is 5.61.